The van der Waals surface area contributed by atoms with Crippen LogP contribution in [-0.4, -0.2) is 66.5 Å². The highest BCUT2D eigenvalue weighted by Gasteiger charge is 2.32. The van der Waals surface area contributed by atoms with Crippen LogP contribution in [0.3, 0.4) is 0 Å². The molecule has 0 radical (unpaired) electrons. The summed E-state index contributed by atoms with van der Waals surface area (Å²) in [5, 5.41) is 11.7. The molecule has 248 valence electrons. The lowest BCUT2D eigenvalue weighted by molar-refractivity contribution is -0.137. The van der Waals surface area contributed by atoms with Crippen LogP contribution in [0.2, 0.25) is 0 Å². The van der Waals surface area contributed by atoms with Crippen molar-refractivity contribution in [2.75, 3.05) is 19.7 Å². The Kier molecular flexibility index (Phi) is 11.9. The Bertz CT molecular complexity index is 1350. The van der Waals surface area contributed by atoms with E-state index in [9.17, 15) is 19.2 Å². The van der Waals surface area contributed by atoms with E-state index in [4.69, 9.17) is 4.74 Å². The van der Waals surface area contributed by atoms with Gasteiger partial charge in [0.2, 0.25) is 17.7 Å². The highest BCUT2D eigenvalue weighted by Crippen LogP contribution is 2.23. The van der Waals surface area contributed by atoms with Gasteiger partial charge < -0.3 is 30.9 Å². The number of carbonyl (C=O) groups excluding carboxylic acids is 4. The topological polar surface area (TPSA) is 129 Å². The number of fused-ring (bicyclic) bond motifs is 4. The van der Waals surface area contributed by atoms with Gasteiger partial charge in [0.05, 0.1) is 13.0 Å². The highest BCUT2D eigenvalue weighted by molar-refractivity contribution is 5.94. The molecular formula is C36H49N5O5. The van der Waals surface area contributed by atoms with Crippen LogP contribution >= 0.6 is 0 Å². The molecule has 10 nitrogen and oxygen atoms in total. The normalized spacial score (nSPS) is 23.6. The maximum Gasteiger partial charge on any atom is 0.315 e. The van der Waals surface area contributed by atoms with Crippen molar-refractivity contribution in [1.29, 1.82) is 0 Å². The number of nitrogens with zero attached hydrogens (tertiary/aromatic N) is 1. The summed E-state index contributed by atoms with van der Waals surface area (Å²) in [4.78, 5) is 56.1. The molecule has 5 amide bonds. The predicted molar refractivity (Wildman–Crippen MR) is 176 cm³/mol. The van der Waals surface area contributed by atoms with Crippen molar-refractivity contribution in [1.82, 2.24) is 26.2 Å². The molecule has 46 heavy (non-hydrogen) atoms. The molecular weight excluding hydrogens is 582 g/mol. The Morgan fingerprint density at radius 1 is 0.935 bits per heavy atom. The second kappa shape index (κ2) is 16.5. The molecule has 1 aliphatic carbocycles. The molecule has 0 spiro atoms. The van der Waals surface area contributed by atoms with Crippen LogP contribution in [0.15, 0.2) is 48.5 Å². The third-order valence-corrected chi connectivity index (χ3v) is 9.58. The minimum Gasteiger partial charge on any atom is -0.494 e. The zero-order valence-corrected chi connectivity index (χ0v) is 27.0. The molecule has 2 aliphatic heterocycles. The number of benzene rings is 2. The molecule has 3 atom stereocenters. The van der Waals surface area contributed by atoms with Gasteiger partial charge in [-0.15, -0.1) is 0 Å². The summed E-state index contributed by atoms with van der Waals surface area (Å²) in [6.07, 6.45) is 8.48. The number of amides is 5. The number of rotatable bonds is 5. The maximum atomic E-state index is 13.9. The van der Waals surface area contributed by atoms with Crippen LogP contribution in [0.1, 0.15) is 80.9 Å². The molecule has 2 fully saturated rings. The molecule has 2 heterocycles. The third kappa shape index (κ3) is 9.71. The van der Waals surface area contributed by atoms with Gasteiger partial charge in [-0.2, -0.15) is 0 Å². The third-order valence-electron chi connectivity index (χ3n) is 9.58. The lowest BCUT2D eigenvalue weighted by Crippen LogP contribution is -2.57. The average molecular weight is 632 g/mol. The fourth-order valence-electron chi connectivity index (χ4n) is 6.75. The molecule has 1 saturated carbocycles. The van der Waals surface area contributed by atoms with E-state index < -0.39 is 24.0 Å². The van der Waals surface area contributed by atoms with Crippen LogP contribution in [0.4, 0.5) is 4.79 Å². The number of carbonyl (C=O) groups is 4. The first-order valence-corrected chi connectivity index (χ1v) is 17.0. The van der Waals surface area contributed by atoms with Crippen molar-refractivity contribution < 1.29 is 23.9 Å². The summed E-state index contributed by atoms with van der Waals surface area (Å²) in [5.41, 5.74) is 3.01. The van der Waals surface area contributed by atoms with Crippen LogP contribution < -0.4 is 26.0 Å². The molecule has 3 aliphatic rings. The van der Waals surface area contributed by atoms with Crippen molar-refractivity contribution in [3.05, 3.63) is 65.2 Å². The maximum absolute atomic E-state index is 13.9. The fourth-order valence-corrected chi connectivity index (χ4v) is 6.75. The Hall–Kier alpha value is -4.08. The summed E-state index contributed by atoms with van der Waals surface area (Å²) >= 11 is 0. The number of aryl methyl sites for hydroxylation is 2. The minimum atomic E-state index is -1.12. The predicted octanol–water partition coefficient (Wildman–Crippen LogP) is 4.14. The molecule has 4 N–H and O–H groups in total. The van der Waals surface area contributed by atoms with Gasteiger partial charge in [-0.25, -0.2) is 4.79 Å². The lowest BCUT2D eigenvalue weighted by atomic mass is 9.94. The first-order chi connectivity index (χ1) is 22.3. The number of hydrogen-bond acceptors (Lipinski definition) is 5. The van der Waals surface area contributed by atoms with Crippen molar-refractivity contribution in [3.8, 4) is 5.75 Å². The van der Waals surface area contributed by atoms with Crippen molar-refractivity contribution in [2.24, 2.45) is 5.92 Å². The van der Waals surface area contributed by atoms with Crippen molar-refractivity contribution in [2.45, 2.75) is 102 Å². The summed E-state index contributed by atoms with van der Waals surface area (Å²) in [6.45, 7) is 4.00. The van der Waals surface area contributed by atoms with Gasteiger partial charge in [0.25, 0.3) is 0 Å². The van der Waals surface area contributed by atoms with Gasteiger partial charge >= 0.3 is 6.03 Å². The standard InChI is InChI=1S/C36H49N5O5/c1-25-14-16-30-21-28(25)23-37-34(43)31(17-15-26-9-4-2-5-10-26)39-35(44)32(40-36(45)38-29-12-6-3-7-13-29)22-33(42)41-19-8-11-27(24-41)18-20-46-30/h2,4-5,9-10,14,16,21,27,29,31-32H,3,6-8,11-13,15,17-20,22-24H2,1H3,(H,37,43)(H,39,44)(H2,38,40,45)/t27?,31-,32-/m0/s1. The summed E-state index contributed by atoms with van der Waals surface area (Å²) in [6, 6.07) is 13.3. The highest BCUT2D eigenvalue weighted by atomic mass is 16.5. The first kappa shape index (κ1) is 33.3. The molecule has 4 bridgehead atoms. The van der Waals surface area contributed by atoms with E-state index in [-0.39, 0.29) is 36.7 Å². The molecule has 5 rings (SSSR count). The largest absolute Gasteiger partial charge is 0.494 e. The molecule has 1 unspecified atom stereocenters. The summed E-state index contributed by atoms with van der Waals surface area (Å²) < 4.78 is 6.11. The van der Waals surface area contributed by atoms with Gasteiger partial charge in [0.15, 0.2) is 0 Å². The van der Waals surface area contributed by atoms with Crippen LogP contribution in [0, 0.1) is 12.8 Å². The molecule has 0 aromatic heterocycles. The molecule has 1 saturated heterocycles. The number of hydrogen-bond donors (Lipinski definition) is 4. The molecule has 2 aromatic rings. The number of nitrogens with one attached hydrogen (secondary N) is 4. The lowest BCUT2D eigenvalue weighted by Gasteiger charge is -2.34. The Labute approximate surface area is 272 Å². The monoisotopic (exact) mass is 631 g/mol. The smallest absolute Gasteiger partial charge is 0.315 e. The Morgan fingerprint density at radius 3 is 2.54 bits per heavy atom. The summed E-state index contributed by atoms with van der Waals surface area (Å²) in [5.74, 6) is -0.0151. The number of urea groups is 1. The van der Waals surface area contributed by atoms with E-state index in [1.807, 2.05) is 60.4 Å². The zero-order chi connectivity index (χ0) is 32.3. The van der Waals surface area contributed by atoms with E-state index in [1.165, 1.54) is 0 Å². The fraction of sp³-hybridized carbons (Fsp3) is 0.556. The van der Waals surface area contributed by atoms with E-state index >= 15 is 0 Å². The molecule has 2 aromatic carbocycles. The van der Waals surface area contributed by atoms with Crippen molar-refractivity contribution in [3.63, 3.8) is 0 Å². The van der Waals surface area contributed by atoms with E-state index in [2.05, 4.69) is 21.3 Å². The summed E-state index contributed by atoms with van der Waals surface area (Å²) in [7, 11) is 0. The van der Waals surface area contributed by atoms with Gasteiger partial charge in [0, 0.05) is 25.7 Å². The minimum absolute atomic E-state index is 0.0446. The SMILES string of the molecule is Cc1ccc2cc1CNC(=O)[C@H](CCc1ccccc1)NC(=O)[C@@H](NC(=O)NC1CCCCC1)CC(=O)N1CCCC(CCO2)C1. The van der Waals surface area contributed by atoms with Crippen LogP contribution in [-0.2, 0) is 27.3 Å². The second-order valence-electron chi connectivity index (χ2n) is 13.1. The Morgan fingerprint density at radius 2 is 1.74 bits per heavy atom. The van der Waals surface area contributed by atoms with Crippen LogP contribution in [0.25, 0.3) is 0 Å². The van der Waals surface area contributed by atoms with Gasteiger partial charge in [-0.05, 0) is 86.6 Å². The van der Waals surface area contributed by atoms with Gasteiger partial charge in [0.1, 0.15) is 17.8 Å². The van der Waals surface area contributed by atoms with Crippen LogP contribution in [0.5, 0.6) is 5.75 Å². The van der Waals surface area contributed by atoms with Crippen molar-refractivity contribution >= 4 is 23.8 Å². The van der Waals surface area contributed by atoms with E-state index in [0.717, 1.165) is 73.8 Å². The number of ether oxygens (including phenoxy) is 1. The van der Waals surface area contributed by atoms with E-state index in [1.54, 1.807) is 0 Å². The number of piperidine rings is 1. The first-order valence-electron chi connectivity index (χ1n) is 17.0. The average Bonchev–Trinajstić information content (AvgIpc) is 3.06. The van der Waals surface area contributed by atoms with E-state index in [0.29, 0.717) is 32.5 Å². The Balaban J connectivity index is 1.38. The zero-order valence-electron chi connectivity index (χ0n) is 27.0. The molecule has 10 heteroatoms. The second-order valence-corrected chi connectivity index (χ2v) is 13.1. The quantitative estimate of drug-likeness (QED) is 0.395. The van der Waals surface area contributed by atoms with Gasteiger partial charge in [-0.1, -0.05) is 55.7 Å². The van der Waals surface area contributed by atoms with Gasteiger partial charge in [-0.3, -0.25) is 14.4 Å².